The van der Waals surface area contributed by atoms with E-state index in [1.165, 1.54) is 51.3 Å². The quantitative estimate of drug-likeness (QED) is 0.221. The number of hydrogen-bond donors (Lipinski definition) is 2. The van der Waals surface area contributed by atoms with E-state index in [0.717, 1.165) is 5.56 Å². The minimum atomic E-state index is -1.25. The van der Waals surface area contributed by atoms with Crippen molar-refractivity contribution >= 4 is 47.3 Å². The van der Waals surface area contributed by atoms with Crippen LogP contribution in [0.5, 0.6) is 0 Å². The topological polar surface area (TPSA) is 157 Å². The molecule has 200 valence electrons. The Hall–Kier alpha value is -4.17. The average molecular weight is 567 g/mol. The molecule has 0 aliphatic carbocycles. The molecule has 2 aliphatic heterocycles. The van der Waals surface area contributed by atoms with E-state index in [0.29, 0.717) is 22.2 Å². The van der Waals surface area contributed by atoms with Gasteiger partial charge < -0.3 is 15.2 Å². The Bertz CT molecular complexity index is 1480. The van der Waals surface area contributed by atoms with Crippen LogP contribution in [0.2, 0.25) is 0 Å². The largest absolute Gasteiger partial charge is 0.478 e. The Morgan fingerprint density at radius 1 is 1.13 bits per heavy atom. The number of tetrazole rings is 1. The second-order valence-corrected chi connectivity index (χ2v) is 10.6. The van der Waals surface area contributed by atoms with Crippen LogP contribution in [-0.2, 0) is 28.0 Å². The zero-order chi connectivity index (χ0) is 27.5. The molecule has 39 heavy (non-hydrogen) atoms. The lowest BCUT2D eigenvalue weighted by molar-refractivity contribution is -0.152. The van der Waals surface area contributed by atoms with Gasteiger partial charge >= 0.3 is 11.9 Å². The molecule has 0 bridgehead atoms. The Kier molecular flexibility index (Phi) is 7.65. The number of carbonyl (C=O) groups is 4. The van der Waals surface area contributed by atoms with Gasteiger partial charge in [-0.05, 0) is 33.7 Å². The van der Waals surface area contributed by atoms with Crippen molar-refractivity contribution in [2.75, 3.05) is 11.5 Å². The van der Waals surface area contributed by atoms with Gasteiger partial charge in [-0.2, -0.15) is 0 Å². The fraction of sp³-hybridized carbons (Fsp3) is 0.240. The number of aromatic nitrogens is 4. The number of aromatic carboxylic acids is 1. The summed E-state index contributed by atoms with van der Waals surface area (Å²) in [6, 6.07) is 14.0. The summed E-state index contributed by atoms with van der Waals surface area (Å²) in [5.41, 5.74) is 1.39. The summed E-state index contributed by atoms with van der Waals surface area (Å²) in [5, 5.41) is 23.4. The van der Waals surface area contributed by atoms with Gasteiger partial charge in [-0.3, -0.25) is 14.5 Å². The van der Waals surface area contributed by atoms with Gasteiger partial charge in [0.15, 0.2) is 0 Å². The van der Waals surface area contributed by atoms with Crippen LogP contribution in [-0.4, -0.2) is 76.9 Å². The number of carboxylic acids is 1. The highest BCUT2D eigenvalue weighted by atomic mass is 32.2. The first-order valence-corrected chi connectivity index (χ1v) is 13.7. The van der Waals surface area contributed by atoms with Gasteiger partial charge in [0.1, 0.15) is 23.7 Å². The summed E-state index contributed by atoms with van der Waals surface area (Å²) in [6.07, 6.45) is 0. The van der Waals surface area contributed by atoms with Crippen molar-refractivity contribution in [3.8, 4) is 0 Å². The molecule has 14 heteroatoms. The number of nitrogens with zero attached hydrogens (tertiary/aromatic N) is 5. The molecule has 2 amide bonds. The molecule has 2 N–H and O–H groups in total. The smallest absolute Gasteiger partial charge is 0.355 e. The van der Waals surface area contributed by atoms with E-state index in [4.69, 9.17) is 4.74 Å². The van der Waals surface area contributed by atoms with Crippen LogP contribution in [0.4, 0.5) is 0 Å². The van der Waals surface area contributed by atoms with Crippen molar-refractivity contribution in [2.45, 2.75) is 23.2 Å². The molecule has 2 atom stereocenters. The predicted octanol–water partition coefficient (Wildman–Crippen LogP) is 1.71. The van der Waals surface area contributed by atoms with Gasteiger partial charge in [0.05, 0.1) is 11.1 Å². The maximum absolute atomic E-state index is 13.3. The molecule has 5 rings (SSSR count). The van der Waals surface area contributed by atoms with E-state index in [1.807, 2.05) is 30.3 Å². The fourth-order valence-corrected chi connectivity index (χ4v) is 6.49. The van der Waals surface area contributed by atoms with E-state index < -0.39 is 35.2 Å². The monoisotopic (exact) mass is 566 g/mol. The van der Waals surface area contributed by atoms with Crippen LogP contribution < -0.4 is 5.32 Å². The van der Waals surface area contributed by atoms with Crippen molar-refractivity contribution in [1.29, 1.82) is 0 Å². The Morgan fingerprint density at radius 2 is 1.85 bits per heavy atom. The molecule has 1 saturated heterocycles. The van der Waals surface area contributed by atoms with Crippen LogP contribution in [0.1, 0.15) is 26.3 Å². The van der Waals surface area contributed by atoms with Crippen molar-refractivity contribution < 1.29 is 29.0 Å². The third kappa shape index (κ3) is 5.38. The second kappa shape index (κ2) is 11.3. The third-order valence-electron chi connectivity index (χ3n) is 6.10. The SMILES string of the molecule is Cn1nnnc1SCC1=C(C(=O)OCc2ccccc2)N2C(=O)C(NC(=O)c3ccccc3C(=O)O)[C@H]2SC1. The molecule has 0 radical (unpaired) electrons. The second-order valence-electron chi connectivity index (χ2n) is 8.60. The van der Waals surface area contributed by atoms with Gasteiger partial charge in [0.25, 0.3) is 11.8 Å². The van der Waals surface area contributed by atoms with E-state index in [9.17, 15) is 24.3 Å². The lowest BCUT2D eigenvalue weighted by Crippen LogP contribution is -2.70. The van der Waals surface area contributed by atoms with Gasteiger partial charge in [-0.15, -0.1) is 16.9 Å². The predicted molar refractivity (Wildman–Crippen MR) is 141 cm³/mol. The van der Waals surface area contributed by atoms with Crippen molar-refractivity contribution in [3.63, 3.8) is 0 Å². The van der Waals surface area contributed by atoms with E-state index >= 15 is 0 Å². The van der Waals surface area contributed by atoms with Crippen molar-refractivity contribution in [3.05, 3.63) is 82.6 Å². The standard InChI is InChI=1S/C25H22N6O6S2/c1-30-25(27-28-29-30)39-13-15-12-38-22-18(26-20(32)16-9-5-6-10-17(16)23(34)35)21(33)31(22)19(15)24(36)37-11-14-7-3-2-4-8-14/h2-10,18,22H,11-13H2,1H3,(H,26,32)(H,34,35)/t18?,22-/m1/s1. The van der Waals surface area contributed by atoms with Crippen LogP contribution in [0.25, 0.3) is 0 Å². The lowest BCUT2D eigenvalue weighted by atomic mass is 10.0. The summed E-state index contributed by atoms with van der Waals surface area (Å²) in [5.74, 6) is -2.31. The Morgan fingerprint density at radius 3 is 2.54 bits per heavy atom. The summed E-state index contributed by atoms with van der Waals surface area (Å²) >= 11 is 2.72. The number of aryl methyl sites for hydroxylation is 1. The molecular weight excluding hydrogens is 544 g/mol. The number of hydrogen-bond acceptors (Lipinski definition) is 10. The van der Waals surface area contributed by atoms with Crippen molar-refractivity contribution in [2.24, 2.45) is 7.05 Å². The highest BCUT2D eigenvalue weighted by Gasteiger charge is 2.54. The maximum Gasteiger partial charge on any atom is 0.355 e. The van der Waals surface area contributed by atoms with Crippen LogP contribution in [0.15, 0.2) is 71.0 Å². The Labute approximate surface area is 230 Å². The van der Waals surface area contributed by atoms with Crippen LogP contribution in [0, 0.1) is 0 Å². The minimum Gasteiger partial charge on any atom is -0.478 e. The average Bonchev–Trinajstić information content (AvgIpc) is 3.37. The van der Waals surface area contributed by atoms with Crippen molar-refractivity contribution in [1.82, 2.24) is 30.4 Å². The first-order chi connectivity index (χ1) is 18.8. The normalized spacial score (nSPS) is 18.3. The number of ether oxygens (including phenoxy) is 1. The molecule has 12 nitrogen and oxygen atoms in total. The van der Waals surface area contributed by atoms with Gasteiger partial charge in [0, 0.05) is 18.6 Å². The zero-order valence-corrected chi connectivity index (χ0v) is 22.1. The van der Waals surface area contributed by atoms with E-state index in [1.54, 1.807) is 13.1 Å². The fourth-order valence-electron chi connectivity index (χ4n) is 4.16. The molecule has 3 aromatic rings. The number of esters is 1. The minimum absolute atomic E-state index is 0.0305. The summed E-state index contributed by atoms with van der Waals surface area (Å²) in [4.78, 5) is 52.4. The van der Waals surface area contributed by atoms with Gasteiger partial charge in [-0.1, -0.05) is 54.2 Å². The number of thioether (sulfide) groups is 2. The maximum atomic E-state index is 13.3. The number of rotatable bonds is 9. The highest BCUT2D eigenvalue weighted by molar-refractivity contribution is 8.01. The molecule has 0 spiro atoms. The molecule has 1 aromatic heterocycles. The van der Waals surface area contributed by atoms with E-state index in [2.05, 4.69) is 20.8 Å². The number of nitrogens with one attached hydrogen (secondary N) is 1. The number of benzene rings is 2. The number of carbonyl (C=O) groups excluding carboxylic acids is 3. The molecule has 3 heterocycles. The van der Waals surface area contributed by atoms with E-state index in [-0.39, 0.29) is 23.4 Å². The molecule has 2 aliphatic rings. The number of carboxylic acid groups (broad SMARTS) is 1. The summed E-state index contributed by atoms with van der Waals surface area (Å²) in [6.45, 7) is 0.0305. The summed E-state index contributed by atoms with van der Waals surface area (Å²) in [7, 11) is 1.70. The Balaban J connectivity index is 1.36. The highest BCUT2D eigenvalue weighted by Crippen LogP contribution is 2.42. The molecule has 1 unspecified atom stereocenters. The molecular formula is C25H22N6O6S2. The zero-order valence-electron chi connectivity index (χ0n) is 20.5. The molecule has 0 saturated carbocycles. The van der Waals surface area contributed by atoms with Gasteiger partial charge in [-0.25, -0.2) is 14.3 Å². The number of β-lactam (4-membered cyclic amide) rings is 1. The first-order valence-electron chi connectivity index (χ1n) is 11.7. The number of amides is 2. The third-order valence-corrected chi connectivity index (χ3v) is 8.54. The first kappa shape index (κ1) is 26.4. The van der Waals surface area contributed by atoms with Crippen LogP contribution in [0.3, 0.4) is 0 Å². The number of fused-ring (bicyclic) bond motifs is 1. The molecule has 2 aromatic carbocycles. The van der Waals surface area contributed by atoms with Crippen LogP contribution >= 0.6 is 23.5 Å². The lowest BCUT2D eigenvalue weighted by Gasteiger charge is -2.49. The molecule has 1 fully saturated rings. The summed E-state index contributed by atoms with van der Waals surface area (Å²) < 4.78 is 7.09. The van der Waals surface area contributed by atoms with Gasteiger partial charge in [0.2, 0.25) is 5.16 Å².